The van der Waals surface area contributed by atoms with Gasteiger partial charge in [-0.15, -0.1) is 0 Å². The fraction of sp³-hybridized carbons (Fsp3) is 0.0351. The van der Waals surface area contributed by atoms with E-state index in [4.69, 9.17) is 4.98 Å². The van der Waals surface area contributed by atoms with Crippen LogP contribution in [0.15, 0.2) is 218 Å². The van der Waals surface area contributed by atoms with Crippen molar-refractivity contribution >= 4 is 65.8 Å². The number of anilines is 2. The van der Waals surface area contributed by atoms with Crippen LogP contribution >= 0.6 is 0 Å². The Labute approximate surface area is 353 Å². The fourth-order valence-corrected chi connectivity index (χ4v) is 10.3. The Morgan fingerprint density at radius 1 is 0.393 bits per heavy atom. The molecule has 0 N–H and O–H groups in total. The molecule has 0 radical (unpaired) electrons. The highest BCUT2D eigenvalue weighted by atomic mass is 15.2. The Balaban J connectivity index is 1.03. The van der Waals surface area contributed by atoms with E-state index in [0.29, 0.717) is 0 Å². The predicted molar refractivity (Wildman–Crippen MR) is 255 cm³/mol. The van der Waals surface area contributed by atoms with E-state index >= 15 is 0 Å². The first kappa shape index (κ1) is 34.0. The number of rotatable bonds is 5. The Kier molecular flexibility index (Phi) is 7.40. The minimum Gasteiger partial charge on any atom is -0.333 e. The zero-order valence-corrected chi connectivity index (χ0v) is 33.2. The van der Waals surface area contributed by atoms with Gasteiger partial charge in [0.15, 0.2) is 0 Å². The van der Waals surface area contributed by atoms with Gasteiger partial charge in [-0.1, -0.05) is 170 Å². The van der Waals surface area contributed by atoms with Crippen molar-refractivity contribution in [2.75, 3.05) is 4.90 Å². The first-order valence-corrected chi connectivity index (χ1v) is 21.1. The molecule has 0 bridgehead atoms. The molecule has 1 aliphatic heterocycles. The molecular formula is C57H38N4. The summed E-state index contributed by atoms with van der Waals surface area (Å²) < 4.78 is 4.86. The number of aromatic nitrogens is 3. The summed E-state index contributed by atoms with van der Waals surface area (Å²) in [5, 5.41) is 7.27. The third kappa shape index (κ3) is 5.09. The SMILES string of the molecule is C1=CC2c3cc4c(cc3N(c3ccc(-c5ccccc5)cc3)C2C=C1)c1ccccc1n4-c1cccc(-n2c(-c3ccccc3)nc3c4ccccc4c4ccccc4c32)c1. The average molecular weight is 779 g/mol. The highest BCUT2D eigenvalue weighted by Gasteiger charge is 2.38. The summed E-state index contributed by atoms with van der Waals surface area (Å²) in [5.41, 5.74) is 14.0. The Bertz CT molecular complexity index is 3590. The molecule has 0 spiro atoms. The number of hydrogen-bond donors (Lipinski definition) is 0. The van der Waals surface area contributed by atoms with Crippen molar-refractivity contribution in [3.05, 3.63) is 224 Å². The smallest absolute Gasteiger partial charge is 0.145 e. The lowest BCUT2D eigenvalue weighted by atomic mass is 9.91. The molecule has 2 aromatic heterocycles. The molecule has 2 unspecified atom stereocenters. The van der Waals surface area contributed by atoms with Gasteiger partial charge < -0.3 is 9.47 Å². The van der Waals surface area contributed by atoms with Crippen LogP contribution in [0, 0.1) is 0 Å². The number of nitrogens with zero attached hydrogens (tertiary/aromatic N) is 4. The third-order valence-corrected chi connectivity index (χ3v) is 13.0. The van der Waals surface area contributed by atoms with Crippen LogP contribution in [0.2, 0.25) is 0 Å². The summed E-state index contributed by atoms with van der Waals surface area (Å²) in [6, 6.07) is 70.8. The summed E-state index contributed by atoms with van der Waals surface area (Å²) in [4.78, 5) is 8.05. The van der Waals surface area contributed by atoms with E-state index in [9.17, 15) is 0 Å². The average Bonchev–Trinajstić information content (AvgIpc) is 4.00. The molecule has 13 rings (SSSR count). The maximum absolute atomic E-state index is 5.50. The van der Waals surface area contributed by atoms with Crippen molar-refractivity contribution in [2.45, 2.75) is 12.0 Å². The van der Waals surface area contributed by atoms with Crippen LogP contribution in [0.4, 0.5) is 11.4 Å². The Hall–Kier alpha value is -7.95. The lowest BCUT2D eigenvalue weighted by molar-refractivity contribution is 0.745. The summed E-state index contributed by atoms with van der Waals surface area (Å²) in [5.74, 6) is 1.15. The zero-order valence-electron chi connectivity index (χ0n) is 33.2. The van der Waals surface area contributed by atoms with Crippen LogP contribution in [0.3, 0.4) is 0 Å². The van der Waals surface area contributed by atoms with E-state index in [1.807, 2.05) is 0 Å². The van der Waals surface area contributed by atoms with E-state index < -0.39 is 0 Å². The van der Waals surface area contributed by atoms with Crippen LogP contribution in [0.5, 0.6) is 0 Å². The van der Waals surface area contributed by atoms with Crippen molar-refractivity contribution in [2.24, 2.45) is 0 Å². The molecule has 11 aromatic rings. The highest BCUT2D eigenvalue weighted by Crippen LogP contribution is 2.51. The van der Waals surface area contributed by atoms with Crippen LogP contribution in [-0.4, -0.2) is 20.2 Å². The monoisotopic (exact) mass is 778 g/mol. The second kappa shape index (κ2) is 13.3. The van der Waals surface area contributed by atoms with E-state index in [-0.39, 0.29) is 12.0 Å². The summed E-state index contributed by atoms with van der Waals surface area (Å²) in [7, 11) is 0. The molecule has 0 saturated heterocycles. The molecule has 4 nitrogen and oxygen atoms in total. The maximum Gasteiger partial charge on any atom is 0.145 e. The molecule has 2 aliphatic rings. The van der Waals surface area contributed by atoms with Gasteiger partial charge in [-0.25, -0.2) is 4.98 Å². The van der Waals surface area contributed by atoms with E-state index in [2.05, 4.69) is 232 Å². The minimum absolute atomic E-state index is 0.189. The third-order valence-electron chi connectivity index (χ3n) is 13.0. The summed E-state index contributed by atoms with van der Waals surface area (Å²) in [6.07, 6.45) is 9.16. The Morgan fingerprint density at radius 2 is 1.00 bits per heavy atom. The standard InChI is InChI=1S/C57H38N4/c1-3-16-37(17-4-1)38-30-32-40(33-31-38)59-51-28-13-11-24-45(51)49-36-54-50(35-53(49)59)46-25-12-14-29-52(46)60(54)41-20-15-21-42(34-41)61-56-48-27-10-8-23-44(48)43-22-7-9-26-47(43)55(56)58-57(61)39-18-5-2-6-19-39/h1-36,45,51H. The number of benzene rings is 9. The predicted octanol–water partition coefficient (Wildman–Crippen LogP) is 14.5. The van der Waals surface area contributed by atoms with Crippen LogP contribution in [0.25, 0.3) is 88.3 Å². The minimum atomic E-state index is 0.189. The number of fused-ring (bicyclic) bond motifs is 12. The molecule has 0 fully saturated rings. The van der Waals surface area contributed by atoms with Crippen molar-refractivity contribution in [1.82, 2.24) is 14.1 Å². The first-order chi connectivity index (χ1) is 30.3. The molecule has 0 amide bonds. The van der Waals surface area contributed by atoms with Gasteiger partial charge in [0.1, 0.15) is 5.82 Å². The molecule has 3 heterocycles. The zero-order chi connectivity index (χ0) is 40.0. The molecule has 1 aliphatic carbocycles. The second-order valence-corrected chi connectivity index (χ2v) is 16.3. The van der Waals surface area contributed by atoms with Gasteiger partial charge in [0, 0.05) is 55.8 Å². The van der Waals surface area contributed by atoms with Gasteiger partial charge in [-0.2, -0.15) is 0 Å². The van der Waals surface area contributed by atoms with Crippen LogP contribution < -0.4 is 4.90 Å². The number of allylic oxidation sites excluding steroid dienone is 2. The molecule has 4 heteroatoms. The number of imidazole rings is 1. The van der Waals surface area contributed by atoms with Gasteiger partial charge in [0.05, 0.1) is 28.1 Å². The van der Waals surface area contributed by atoms with Crippen molar-refractivity contribution in [3.8, 4) is 33.9 Å². The lowest BCUT2D eigenvalue weighted by Gasteiger charge is -2.28. The summed E-state index contributed by atoms with van der Waals surface area (Å²) in [6.45, 7) is 0. The second-order valence-electron chi connectivity index (χ2n) is 16.3. The molecule has 286 valence electrons. The van der Waals surface area contributed by atoms with Gasteiger partial charge in [-0.3, -0.25) is 4.57 Å². The number of para-hydroxylation sites is 1. The summed E-state index contributed by atoms with van der Waals surface area (Å²) >= 11 is 0. The topological polar surface area (TPSA) is 26.0 Å². The van der Waals surface area contributed by atoms with Gasteiger partial charge >= 0.3 is 0 Å². The normalized spacial score (nSPS) is 15.7. The van der Waals surface area contributed by atoms with Gasteiger partial charge in [0.2, 0.25) is 0 Å². The van der Waals surface area contributed by atoms with Crippen molar-refractivity contribution in [3.63, 3.8) is 0 Å². The quantitative estimate of drug-likeness (QED) is 0.163. The molecular weight excluding hydrogens is 741 g/mol. The van der Waals surface area contributed by atoms with Crippen molar-refractivity contribution < 1.29 is 0 Å². The molecule has 9 aromatic carbocycles. The van der Waals surface area contributed by atoms with E-state index in [1.165, 1.54) is 66.0 Å². The van der Waals surface area contributed by atoms with Gasteiger partial charge in [-0.05, 0) is 76.0 Å². The number of hydrogen-bond acceptors (Lipinski definition) is 2. The highest BCUT2D eigenvalue weighted by molar-refractivity contribution is 6.24. The van der Waals surface area contributed by atoms with Crippen LogP contribution in [0.1, 0.15) is 11.5 Å². The molecule has 0 saturated carbocycles. The first-order valence-electron chi connectivity index (χ1n) is 21.1. The van der Waals surface area contributed by atoms with E-state index in [1.54, 1.807) is 0 Å². The van der Waals surface area contributed by atoms with E-state index in [0.717, 1.165) is 39.2 Å². The molecule has 2 atom stereocenters. The maximum atomic E-state index is 5.50. The van der Waals surface area contributed by atoms with Crippen molar-refractivity contribution in [1.29, 1.82) is 0 Å². The largest absolute Gasteiger partial charge is 0.333 e. The van der Waals surface area contributed by atoms with Crippen LogP contribution in [-0.2, 0) is 0 Å². The van der Waals surface area contributed by atoms with Gasteiger partial charge in [0.25, 0.3) is 0 Å². The molecule has 61 heavy (non-hydrogen) atoms. The fourth-order valence-electron chi connectivity index (χ4n) is 10.3. The Morgan fingerprint density at radius 3 is 1.77 bits per heavy atom. The lowest BCUT2D eigenvalue weighted by Crippen LogP contribution is -2.28.